The number of rotatable bonds is 4. The molecule has 1 fully saturated rings. The molecule has 0 amide bonds. The third kappa shape index (κ3) is 3.55. The summed E-state index contributed by atoms with van der Waals surface area (Å²) >= 11 is 0. The molecule has 0 aromatic heterocycles. The first-order valence-corrected chi connectivity index (χ1v) is 5.14. The van der Waals surface area contributed by atoms with Gasteiger partial charge in [-0.05, 0) is 31.7 Å². The zero-order valence-corrected chi connectivity index (χ0v) is 8.31. The average Bonchev–Trinajstić information content (AvgIpc) is 2.05. The van der Waals surface area contributed by atoms with Gasteiger partial charge in [0.25, 0.3) is 0 Å². The zero-order valence-electron chi connectivity index (χ0n) is 8.31. The van der Waals surface area contributed by atoms with E-state index in [2.05, 4.69) is 19.2 Å². The molecular weight excluding hydrogens is 150 g/mol. The Morgan fingerprint density at radius 3 is 3.00 bits per heavy atom. The molecule has 0 bridgehead atoms. The summed E-state index contributed by atoms with van der Waals surface area (Å²) in [5.74, 6) is 0.876. The molecular formula is C10H21NO. The van der Waals surface area contributed by atoms with Crippen molar-refractivity contribution in [3.05, 3.63) is 0 Å². The Kier molecular flexibility index (Phi) is 4.62. The van der Waals surface area contributed by atoms with Crippen molar-refractivity contribution in [2.24, 2.45) is 5.92 Å². The molecule has 1 aliphatic rings. The minimum absolute atomic E-state index is 0.611. The highest BCUT2D eigenvalue weighted by molar-refractivity contribution is 4.75. The fraction of sp³-hybridized carbons (Fsp3) is 1.00. The Balaban J connectivity index is 2.06. The first-order valence-electron chi connectivity index (χ1n) is 5.14. The summed E-state index contributed by atoms with van der Waals surface area (Å²) in [4.78, 5) is 0. The number of hydrogen-bond donors (Lipinski definition) is 1. The molecule has 0 aromatic rings. The van der Waals surface area contributed by atoms with E-state index in [0.717, 1.165) is 25.6 Å². The highest BCUT2D eigenvalue weighted by atomic mass is 16.5. The molecule has 0 radical (unpaired) electrons. The van der Waals surface area contributed by atoms with Gasteiger partial charge in [-0.2, -0.15) is 0 Å². The molecule has 0 aliphatic carbocycles. The van der Waals surface area contributed by atoms with Crippen LogP contribution in [0.2, 0.25) is 0 Å². The number of nitrogens with one attached hydrogen (secondary N) is 1. The maximum absolute atomic E-state index is 5.51. The zero-order chi connectivity index (χ0) is 8.81. The van der Waals surface area contributed by atoms with Crippen molar-refractivity contribution in [1.29, 1.82) is 0 Å². The van der Waals surface area contributed by atoms with Crippen LogP contribution < -0.4 is 5.32 Å². The van der Waals surface area contributed by atoms with Crippen molar-refractivity contribution in [2.45, 2.75) is 39.2 Å². The van der Waals surface area contributed by atoms with Crippen LogP contribution >= 0.6 is 0 Å². The summed E-state index contributed by atoms with van der Waals surface area (Å²) in [6.45, 7) is 7.46. The molecule has 2 heteroatoms. The van der Waals surface area contributed by atoms with Crippen LogP contribution in [0.5, 0.6) is 0 Å². The minimum atomic E-state index is 0.611. The number of hydrogen-bond acceptors (Lipinski definition) is 2. The molecule has 12 heavy (non-hydrogen) atoms. The van der Waals surface area contributed by atoms with Crippen LogP contribution in [0.3, 0.4) is 0 Å². The van der Waals surface area contributed by atoms with Crippen molar-refractivity contribution in [1.82, 2.24) is 5.32 Å². The van der Waals surface area contributed by atoms with Gasteiger partial charge in [0, 0.05) is 12.6 Å². The monoisotopic (exact) mass is 171 g/mol. The summed E-state index contributed by atoms with van der Waals surface area (Å²) in [5, 5.41) is 3.48. The quantitative estimate of drug-likeness (QED) is 0.651. The molecule has 1 rings (SSSR count). The second-order valence-corrected chi connectivity index (χ2v) is 3.86. The second-order valence-electron chi connectivity index (χ2n) is 3.86. The molecule has 0 aromatic carbocycles. The Labute approximate surface area is 75.7 Å². The average molecular weight is 171 g/mol. The van der Waals surface area contributed by atoms with Gasteiger partial charge >= 0.3 is 0 Å². The molecule has 1 N–H and O–H groups in total. The van der Waals surface area contributed by atoms with Gasteiger partial charge in [0.2, 0.25) is 0 Å². The lowest BCUT2D eigenvalue weighted by molar-refractivity contribution is 0.0963. The smallest absolute Gasteiger partial charge is 0.0619 e. The maximum Gasteiger partial charge on any atom is 0.0619 e. The molecule has 1 heterocycles. The van der Waals surface area contributed by atoms with Crippen molar-refractivity contribution in [3.8, 4) is 0 Å². The van der Waals surface area contributed by atoms with E-state index in [-0.39, 0.29) is 0 Å². The fourth-order valence-electron chi connectivity index (χ4n) is 1.72. The number of ether oxygens (including phenoxy) is 1. The van der Waals surface area contributed by atoms with Crippen LogP contribution in [0.25, 0.3) is 0 Å². The maximum atomic E-state index is 5.51. The van der Waals surface area contributed by atoms with Crippen LogP contribution in [0, 0.1) is 5.92 Å². The van der Waals surface area contributed by atoms with E-state index in [9.17, 15) is 0 Å². The van der Waals surface area contributed by atoms with Crippen LogP contribution in [0.15, 0.2) is 0 Å². The number of piperidine rings is 1. The second kappa shape index (κ2) is 5.55. The lowest BCUT2D eigenvalue weighted by Crippen LogP contribution is -2.40. The predicted molar refractivity (Wildman–Crippen MR) is 51.3 cm³/mol. The third-order valence-electron chi connectivity index (χ3n) is 2.42. The predicted octanol–water partition coefficient (Wildman–Crippen LogP) is 1.80. The summed E-state index contributed by atoms with van der Waals surface area (Å²) in [5.41, 5.74) is 0. The summed E-state index contributed by atoms with van der Waals surface area (Å²) in [7, 11) is 0. The molecule has 0 spiro atoms. The van der Waals surface area contributed by atoms with Gasteiger partial charge in [-0.15, -0.1) is 0 Å². The molecule has 2 atom stereocenters. The molecule has 1 aliphatic heterocycles. The van der Waals surface area contributed by atoms with Gasteiger partial charge in [0.15, 0.2) is 0 Å². The van der Waals surface area contributed by atoms with Crippen molar-refractivity contribution in [2.75, 3.05) is 19.8 Å². The van der Waals surface area contributed by atoms with Gasteiger partial charge in [-0.25, -0.2) is 0 Å². The molecule has 2 unspecified atom stereocenters. The van der Waals surface area contributed by atoms with Crippen LogP contribution in [-0.4, -0.2) is 25.8 Å². The van der Waals surface area contributed by atoms with E-state index in [1.54, 1.807) is 0 Å². The van der Waals surface area contributed by atoms with E-state index < -0.39 is 0 Å². The first kappa shape index (κ1) is 10.0. The summed E-state index contributed by atoms with van der Waals surface area (Å²) in [6, 6.07) is 0.611. The van der Waals surface area contributed by atoms with E-state index >= 15 is 0 Å². The summed E-state index contributed by atoms with van der Waals surface area (Å²) in [6.07, 6.45) is 3.73. The van der Waals surface area contributed by atoms with E-state index in [1.165, 1.54) is 19.4 Å². The molecule has 2 nitrogen and oxygen atoms in total. The Bertz CT molecular complexity index is 116. The third-order valence-corrected chi connectivity index (χ3v) is 2.42. The van der Waals surface area contributed by atoms with Gasteiger partial charge < -0.3 is 10.1 Å². The molecule has 1 saturated heterocycles. The molecule has 72 valence electrons. The lowest BCUT2D eigenvalue weighted by atomic mass is 9.95. The Morgan fingerprint density at radius 2 is 2.33 bits per heavy atom. The van der Waals surface area contributed by atoms with Gasteiger partial charge in [-0.1, -0.05) is 13.8 Å². The van der Waals surface area contributed by atoms with Crippen LogP contribution in [0.4, 0.5) is 0 Å². The van der Waals surface area contributed by atoms with Crippen LogP contribution in [0.1, 0.15) is 33.1 Å². The topological polar surface area (TPSA) is 21.3 Å². The highest BCUT2D eigenvalue weighted by Gasteiger charge is 2.17. The van der Waals surface area contributed by atoms with Crippen LogP contribution in [-0.2, 0) is 4.74 Å². The van der Waals surface area contributed by atoms with E-state index in [0.29, 0.717) is 6.04 Å². The standard InChI is InChI=1S/C10H21NO/c1-3-6-12-8-10-7-9(2)4-5-11-10/h9-11H,3-8H2,1-2H3. The normalized spacial score (nSPS) is 30.5. The van der Waals surface area contributed by atoms with Crippen molar-refractivity contribution >= 4 is 0 Å². The fourth-order valence-corrected chi connectivity index (χ4v) is 1.72. The van der Waals surface area contributed by atoms with Crippen molar-refractivity contribution in [3.63, 3.8) is 0 Å². The van der Waals surface area contributed by atoms with Gasteiger partial charge in [-0.3, -0.25) is 0 Å². The van der Waals surface area contributed by atoms with Gasteiger partial charge in [0.1, 0.15) is 0 Å². The SMILES string of the molecule is CCCOCC1CC(C)CCN1. The molecule has 0 saturated carbocycles. The Morgan fingerprint density at radius 1 is 1.50 bits per heavy atom. The lowest BCUT2D eigenvalue weighted by Gasteiger charge is -2.27. The van der Waals surface area contributed by atoms with E-state index in [4.69, 9.17) is 4.74 Å². The van der Waals surface area contributed by atoms with Crippen molar-refractivity contribution < 1.29 is 4.74 Å². The first-order chi connectivity index (χ1) is 5.83. The highest BCUT2D eigenvalue weighted by Crippen LogP contribution is 2.14. The minimum Gasteiger partial charge on any atom is -0.380 e. The summed E-state index contributed by atoms with van der Waals surface area (Å²) < 4.78 is 5.51. The van der Waals surface area contributed by atoms with Gasteiger partial charge in [0.05, 0.1) is 6.61 Å². The Hall–Kier alpha value is -0.0800. The van der Waals surface area contributed by atoms with E-state index in [1.807, 2.05) is 0 Å². The largest absolute Gasteiger partial charge is 0.380 e.